The number of nitrogens with zero attached hydrogens (tertiary/aromatic N) is 1. The topological polar surface area (TPSA) is 79.2 Å². The number of likely N-dealkylation sites (tertiary alicyclic amines) is 1. The van der Waals surface area contributed by atoms with E-state index >= 15 is 0 Å². The molecule has 0 aliphatic carbocycles. The number of piperidine rings is 1. The van der Waals surface area contributed by atoms with Gasteiger partial charge in [0.2, 0.25) is 5.91 Å². The minimum absolute atomic E-state index is 0.0287. The molecular weight excluding hydrogens is 254 g/mol. The number of nitrogens with two attached hydrogens (primary N) is 1. The van der Waals surface area contributed by atoms with Gasteiger partial charge >= 0.3 is 0 Å². The summed E-state index contributed by atoms with van der Waals surface area (Å²) in [4.78, 5) is 28.6. The number of carbonyl (C=O) groups excluding carboxylic acids is 2. The Hall–Kier alpha value is -2.30. The maximum Gasteiger partial charge on any atom is 0.253 e. The summed E-state index contributed by atoms with van der Waals surface area (Å²) in [5, 5.41) is 1.01. The smallest absolute Gasteiger partial charge is 0.253 e. The average molecular weight is 271 g/mol. The van der Waals surface area contributed by atoms with Crippen molar-refractivity contribution in [3.05, 3.63) is 36.0 Å². The average Bonchev–Trinajstić information content (AvgIpc) is 2.94. The van der Waals surface area contributed by atoms with Crippen LogP contribution in [-0.2, 0) is 4.79 Å². The number of nitrogens with one attached hydrogen (secondary N) is 1. The summed E-state index contributed by atoms with van der Waals surface area (Å²) < 4.78 is 0. The first-order valence-electron chi connectivity index (χ1n) is 6.81. The van der Waals surface area contributed by atoms with E-state index in [0.717, 1.165) is 23.7 Å². The standard InChI is InChI=1S/C15H17N3O2/c16-14(19)12-2-1-7-18(9-12)15(20)11-3-4-13-10(8-11)5-6-17-13/h3-6,8,12,17H,1-2,7,9H2,(H2,16,19). The number of hydrogen-bond donors (Lipinski definition) is 2. The highest BCUT2D eigenvalue weighted by Gasteiger charge is 2.27. The lowest BCUT2D eigenvalue weighted by Crippen LogP contribution is -2.44. The summed E-state index contributed by atoms with van der Waals surface area (Å²) in [6.07, 6.45) is 3.45. The van der Waals surface area contributed by atoms with Crippen LogP contribution in [0.25, 0.3) is 10.9 Å². The van der Waals surface area contributed by atoms with E-state index in [-0.39, 0.29) is 17.7 Å². The van der Waals surface area contributed by atoms with Crippen molar-refractivity contribution in [2.24, 2.45) is 11.7 Å². The minimum atomic E-state index is -0.316. The Morgan fingerprint density at radius 1 is 1.30 bits per heavy atom. The third-order valence-corrected chi connectivity index (χ3v) is 3.91. The molecule has 5 nitrogen and oxygen atoms in total. The summed E-state index contributed by atoms with van der Waals surface area (Å²) in [5.41, 5.74) is 7.01. The van der Waals surface area contributed by atoms with Gasteiger partial charge in [-0.15, -0.1) is 0 Å². The molecule has 1 aromatic carbocycles. The zero-order valence-corrected chi connectivity index (χ0v) is 11.1. The molecule has 3 rings (SSSR count). The van der Waals surface area contributed by atoms with Crippen molar-refractivity contribution in [1.29, 1.82) is 0 Å². The van der Waals surface area contributed by atoms with E-state index in [4.69, 9.17) is 5.73 Å². The second-order valence-electron chi connectivity index (χ2n) is 5.27. The van der Waals surface area contributed by atoms with E-state index in [2.05, 4.69) is 4.98 Å². The number of aromatic nitrogens is 1. The van der Waals surface area contributed by atoms with Crippen molar-refractivity contribution in [1.82, 2.24) is 9.88 Å². The molecule has 2 heterocycles. The molecule has 2 amide bonds. The molecule has 3 N–H and O–H groups in total. The van der Waals surface area contributed by atoms with Crippen LogP contribution in [0.2, 0.25) is 0 Å². The molecule has 104 valence electrons. The van der Waals surface area contributed by atoms with E-state index in [1.165, 1.54) is 0 Å². The van der Waals surface area contributed by atoms with Crippen LogP contribution >= 0.6 is 0 Å². The maximum atomic E-state index is 12.5. The maximum absolute atomic E-state index is 12.5. The van der Waals surface area contributed by atoms with Crippen molar-refractivity contribution >= 4 is 22.7 Å². The highest BCUT2D eigenvalue weighted by molar-refractivity contribution is 5.98. The van der Waals surface area contributed by atoms with Crippen molar-refractivity contribution < 1.29 is 9.59 Å². The number of H-pyrrole nitrogens is 1. The zero-order chi connectivity index (χ0) is 14.1. The largest absolute Gasteiger partial charge is 0.369 e. The van der Waals surface area contributed by atoms with Gasteiger partial charge in [-0.3, -0.25) is 9.59 Å². The molecule has 1 aromatic heterocycles. The molecule has 1 atom stereocenters. The molecule has 0 spiro atoms. The van der Waals surface area contributed by atoms with Gasteiger partial charge in [-0.25, -0.2) is 0 Å². The predicted molar refractivity (Wildman–Crippen MR) is 76.1 cm³/mol. The molecule has 2 aromatic rings. The van der Waals surface area contributed by atoms with E-state index in [1.807, 2.05) is 30.5 Å². The molecule has 1 fully saturated rings. The van der Waals surface area contributed by atoms with Gasteiger partial charge in [0, 0.05) is 35.8 Å². The summed E-state index contributed by atoms with van der Waals surface area (Å²) in [6, 6.07) is 7.53. The van der Waals surface area contributed by atoms with E-state index in [0.29, 0.717) is 18.7 Å². The Morgan fingerprint density at radius 2 is 2.15 bits per heavy atom. The number of rotatable bonds is 2. The number of aromatic amines is 1. The lowest BCUT2D eigenvalue weighted by atomic mass is 9.97. The number of benzene rings is 1. The van der Waals surface area contributed by atoms with E-state index in [1.54, 1.807) is 4.90 Å². The fourth-order valence-corrected chi connectivity index (χ4v) is 2.76. The van der Waals surface area contributed by atoms with Gasteiger partial charge in [0.25, 0.3) is 5.91 Å². The molecule has 1 aliphatic heterocycles. The van der Waals surface area contributed by atoms with Gasteiger partial charge in [-0.1, -0.05) is 0 Å². The third kappa shape index (κ3) is 2.27. The quantitative estimate of drug-likeness (QED) is 0.868. The van der Waals surface area contributed by atoms with Crippen LogP contribution in [-0.4, -0.2) is 34.8 Å². The Labute approximate surface area is 116 Å². The van der Waals surface area contributed by atoms with Gasteiger partial charge in [0.05, 0.1) is 5.92 Å². The van der Waals surface area contributed by atoms with E-state index < -0.39 is 0 Å². The summed E-state index contributed by atoms with van der Waals surface area (Å²) in [5.74, 6) is -0.564. The van der Waals surface area contributed by atoms with Gasteiger partial charge in [0.1, 0.15) is 0 Å². The van der Waals surface area contributed by atoms with Gasteiger partial charge in [-0.05, 0) is 37.1 Å². The van der Waals surface area contributed by atoms with Crippen molar-refractivity contribution in [3.63, 3.8) is 0 Å². The van der Waals surface area contributed by atoms with Crippen LogP contribution in [0.4, 0.5) is 0 Å². The summed E-state index contributed by atoms with van der Waals surface area (Å²) in [7, 11) is 0. The van der Waals surface area contributed by atoms with Crippen molar-refractivity contribution in [2.45, 2.75) is 12.8 Å². The Balaban J connectivity index is 1.82. The number of hydrogen-bond acceptors (Lipinski definition) is 2. The van der Waals surface area contributed by atoms with E-state index in [9.17, 15) is 9.59 Å². The fourth-order valence-electron chi connectivity index (χ4n) is 2.76. The van der Waals surface area contributed by atoms with Crippen LogP contribution in [0.1, 0.15) is 23.2 Å². The molecule has 0 bridgehead atoms. The molecule has 20 heavy (non-hydrogen) atoms. The van der Waals surface area contributed by atoms with Crippen LogP contribution in [0.5, 0.6) is 0 Å². The second kappa shape index (κ2) is 5.00. The SMILES string of the molecule is NC(=O)C1CCCN(C(=O)c2ccc3[nH]ccc3c2)C1. The zero-order valence-electron chi connectivity index (χ0n) is 11.1. The predicted octanol–water partition coefficient (Wildman–Crippen LogP) is 1.51. The second-order valence-corrected chi connectivity index (χ2v) is 5.27. The molecule has 0 saturated carbocycles. The highest BCUT2D eigenvalue weighted by atomic mass is 16.2. The molecule has 5 heteroatoms. The Bertz CT molecular complexity index is 662. The van der Waals surface area contributed by atoms with Crippen LogP contribution in [0, 0.1) is 5.92 Å². The first-order valence-corrected chi connectivity index (χ1v) is 6.81. The first kappa shape index (κ1) is 12.7. The number of fused-ring (bicyclic) bond motifs is 1. The highest BCUT2D eigenvalue weighted by Crippen LogP contribution is 2.20. The van der Waals surface area contributed by atoms with Gasteiger partial charge < -0.3 is 15.6 Å². The van der Waals surface area contributed by atoms with Crippen molar-refractivity contribution in [3.8, 4) is 0 Å². The van der Waals surface area contributed by atoms with Crippen LogP contribution in [0.3, 0.4) is 0 Å². The van der Waals surface area contributed by atoms with Crippen molar-refractivity contribution in [2.75, 3.05) is 13.1 Å². The molecule has 1 aliphatic rings. The molecule has 1 unspecified atom stereocenters. The monoisotopic (exact) mass is 271 g/mol. The normalized spacial score (nSPS) is 19.2. The molecule has 1 saturated heterocycles. The minimum Gasteiger partial charge on any atom is -0.369 e. The van der Waals surface area contributed by atoms with Crippen LogP contribution < -0.4 is 5.73 Å². The summed E-state index contributed by atoms with van der Waals surface area (Å²) >= 11 is 0. The lowest BCUT2D eigenvalue weighted by Gasteiger charge is -2.31. The first-order chi connectivity index (χ1) is 9.65. The van der Waals surface area contributed by atoms with Crippen LogP contribution in [0.15, 0.2) is 30.5 Å². The Kier molecular flexibility index (Phi) is 3.18. The molecule has 0 radical (unpaired) electrons. The van der Waals surface area contributed by atoms with Gasteiger partial charge in [-0.2, -0.15) is 0 Å². The number of primary amides is 1. The Morgan fingerprint density at radius 3 is 2.95 bits per heavy atom. The summed E-state index contributed by atoms with van der Waals surface area (Å²) in [6.45, 7) is 1.12. The third-order valence-electron chi connectivity index (χ3n) is 3.91. The van der Waals surface area contributed by atoms with Gasteiger partial charge in [0.15, 0.2) is 0 Å². The fraction of sp³-hybridized carbons (Fsp3) is 0.333. The number of amides is 2. The molecular formula is C15H17N3O2. The number of carbonyl (C=O) groups is 2. The lowest BCUT2D eigenvalue weighted by molar-refractivity contribution is -0.123.